The van der Waals surface area contributed by atoms with Crippen molar-refractivity contribution < 1.29 is 9.84 Å². The van der Waals surface area contributed by atoms with Crippen molar-refractivity contribution in [3.63, 3.8) is 0 Å². The van der Waals surface area contributed by atoms with E-state index in [1.54, 1.807) is 0 Å². The zero-order valence-electron chi connectivity index (χ0n) is 23.3. The fourth-order valence-corrected chi connectivity index (χ4v) is 10.3. The molecule has 0 bridgehead atoms. The fraction of sp³-hybridized carbons (Fsp3) is 1.00. The SMILES string of the molecule is CC[C@H](C[C@@H](O)[C@@H](C)C1CCC2C3C[C@@H](OC)C4C[C@H](C)CCC4(C)C3CC[C@@]21C)C(C)C. The van der Waals surface area contributed by atoms with Crippen molar-refractivity contribution in [2.45, 2.75) is 125 Å². The van der Waals surface area contributed by atoms with Gasteiger partial charge in [-0.25, -0.2) is 0 Å². The second-order valence-corrected chi connectivity index (χ2v) is 14.2. The summed E-state index contributed by atoms with van der Waals surface area (Å²) < 4.78 is 6.26. The second kappa shape index (κ2) is 9.76. The molecule has 0 saturated heterocycles. The monoisotopic (exact) mass is 460 g/mol. The first-order valence-corrected chi connectivity index (χ1v) is 14.8. The smallest absolute Gasteiger partial charge is 0.0607 e. The van der Waals surface area contributed by atoms with Crippen molar-refractivity contribution in [3.8, 4) is 0 Å². The van der Waals surface area contributed by atoms with Crippen molar-refractivity contribution in [2.24, 2.45) is 64.1 Å². The van der Waals surface area contributed by atoms with Gasteiger partial charge in [0.2, 0.25) is 0 Å². The average molecular weight is 461 g/mol. The molecule has 6 unspecified atom stereocenters. The Morgan fingerprint density at radius 2 is 1.58 bits per heavy atom. The van der Waals surface area contributed by atoms with Crippen molar-refractivity contribution in [2.75, 3.05) is 7.11 Å². The molecule has 0 aliphatic heterocycles. The summed E-state index contributed by atoms with van der Waals surface area (Å²) in [5.41, 5.74) is 0.886. The summed E-state index contributed by atoms with van der Waals surface area (Å²) in [4.78, 5) is 0. The third-order valence-corrected chi connectivity index (χ3v) is 12.5. The van der Waals surface area contributed by atoms with Crippen LogP contribution in [0.4, 0.5) is 0 Å². The first kappa shape index (κ1) is 26.0. The molecule has 4 saturated carbocycles. The molecule has 0 radical (unpaired) electrons. The van der Waals surface area contributed by atoms with E-state index in [-0.39, 0.29) is 6.10 Å². The minimum absolute atomic E-state index is 0.143. The number of rotatable bonds is 7. The van der Waals surface area contributed by atoms with E-state index in [1.807, 2.05) is 7.11 Å². The van der Waals surface area contributed by atoms with Crippen LogP contribution in [0.1, 0.15) is 113 Å². The van der Waals surface area contributed by atoms with Gasteiger partial charge in [-0.15, -0.1) is 0 Å². The lowest BCUT2D eigenvalue weighted by Crippen LogP contribution is -2.58. The van der Waals surface area contributed by atoms with Crippen LogP contribution in [0.15, 0.2) is 0 Å². The molecule has 0 amide bonds. The van der Waals surface area contributed by atoms with Crippen molar-refractivity contribution in [1.82, 2.24) is 0 Å². The number of hydrogen-bond donors (Lipinski definition) is 1. The molecule has 33 heavy (non-hydrogen) atoms. The number of ether oxygens (including phenoxy) is 1. The van der Waals surface area contributed by atoms with E-state index >= 15 is 0 Å². The zero-order valence-corrected chi connectivity index (χ0v) is 23.3. The van der Waals surface area contributed by atoms with Gasteiger partial charge in [-0.3, -0.25) is 0 Å². The van der Waals surface area contributed by atoms with Gasteiger partial charge in [0.1, 0.15) is 0 Å². The highest BCUT2D eigenvalue weighted by atomic mass is 16.5. The molecule has 4 rings (SSSR count). The summed E-state index contributed by atoms with van der Waals surface area (Å²) in [6, 6.07) is 0. The van der Waals surface area contributed by atoms with E-state index in [0.717, 1.165) is 36.0 Å². The molecule has 0 aromatic heterocycles. The van der Waals surface area contributed by atoms with Crippen molar-refractivity contribution in [1.29, 1.82) is 0 Å². The Balaban J connectivity index is 1.53. The molecule has 4 aliphatic carbocycles. The maximum Gasteiger partial charge on any atom is 0.0607 e. The summed E-state index contributed by atoms with van der Waals surface area (Å²) in [5.74, 6) is 6.59. The molecule has 12 atom stereocenters. The molecule has 0 heterocycles. The van der Waals surface area contributed by atoms with Gasteiger partial charge in [-0.05, 0) is 115 Å². The number of hydrogen-bond acceptors (Lipinski definition) is 2. The highest BCUT2D eigenvalue weighted by Crippen LogP contribution is 2.69. The van der Waals surface area contributed by atoms with Crippen LogP contribution in [0, 0.1) is 64.1 Å². The maximum atomic E-state index is 11.3. The van der Waals surface area contributed by atoms with Crippen LogP contribution in [-0.4, -0.2) is 24.4 Å². The van der Waals surface area contributed by atoms with Gasteiger partial charge >= 0.3 is 0 Å². The molecular weight excluding hydrogens is 404 g/mol. The molecule has 192 valence electrons. The minimum atomic E-state index is -0.143. The summed E-state index contributed by atoms with van der Waals surface area (Å²) in [6.45, 7) is 17.1. The van der Waals surface area contributed by atoms with E-state index in [4.69, 9.17) is 4.74 Å². The third-order valence-electron chi connectivity index (χ3n) is 12.5. The van der Waals surface area contributed by atoms with Gasteiger partial charge in [-0.1, -0.05) is 61.3 Å². The first-order chi connectivity index (χ1) is 15.6. The number of methoxy groups -OCH3 is 1. The summed E-state index contributed by atoms with van der Waals surface area (Å²) >= 11 is 0. The van der Waals surface area contributed by atoms with Gasteiger partial charge in [-0.2, -0.15) is 0 Å². The lowest BCUT2D eigenvalue weighted by molar-refractivity contribution is -0.174. The van der Waals surface area contributed by atoms with E-state index in [9.17, 15) is 5.11 Å². The summed E-state index contributed by atoms with van der Waals surface area (Å²) in [5, 5.41) is 11.3. The van der Waals surface area contributed by atoms with Gasteiger partial charge in [0, 0.05) is 7.11 Å². The van der Waals surface area contributed by atoms with E-state index in [0.29, 0.717) is 40.6 Å². The third kappa shape index (κ3) is 4.36. The van der Waals surface area contributed by atoms with Crippen LogP contribution in [0.2, 0.25) is 0 Å². The van der Waals surface area contributed by atoms with E-state index in [2.05, 4.69) is 48.5 Å². The molecule has 4 aliphatic rings. The Hall–Kier alpha value is -0.0800. The lowest BCUT2D eigenvalue weighted by atomic mass is 9.43. The first-order valence-electron chi connectivity index (χ1n) is 14.8. The van der Waals surface area contributed by atoms with Crippen molar-refractivity contribution >= 4 is 0 Å². The lowest BCUT2D eigenvalue weighted by Gasteiger charge is -2.63. The van der Waals surface area contributed by atoms with Crippen LogP contribution in [0.5, 0.6) is 0 Å². The van der Waals surface area contributed by atoms with Gasteiger partial charge in [0.25, 0.3) is 0 Å². The Bertz CT molecular complexity index is 659. The van der Waals surface area contributed by atoms with Gasteiger partial charge in [0.15, 0.2) is 0 Å². The standard InChI is InChI=1S/C31H56O2/c1-9-22(19(2)3)17-28(32)21(5)24-10-11-25-23-18-29(33-8)27-16-20(4)12-14-31(27,7)26(23)13-15-30(24,25)6/h19-29,32H,9-18H2,1-8H3/t20-,21+,22-,23?,24?,25?,26?,27?,28-,29-,30-,31?/m1/s1. The Morgan fingerprint density at radius 3 is 2.21 bits per heavy atom. The van der Waals surface area contributed by atoms with Gasteiger partial charge in [0.05, 0.1) is 12.2 Å². The highest BCUT2D eigenvalue weighted by molar-refractivity contribution is 5.11. The maximum absolute atomic E-state index is 11.3. The zero-order chi connectivity index (χ0) is 24.1. The fourth-order valence-electron chi connectivity index (χ4n) is 10.3. The molecular formula is C31H56O2. The molecule has 2 nitrogen and oxygen atoms in total. The predicted octanol–water partition coefficient (Wildman–Crippen LogP) is 7.98. The summed E-state index contributed by atoms with van der Waals surface area (Å²) in [7, 11) is 1.99. The molecule has 0 aromatic carbocycles. The minimum Gasteiger partial charge on any atom is -0.393 e. The van der Waals surface area contributed by atoms with E-state index in [1.165, 1.54) is 57.8 Å². The normalized spacial score (nSPS) is 48.0. The largest absolute Gasteiger partial charge is 0.393 e. The van der Waals surface area contributed by atoms with Crippen LogP contribution in [0.25, 0.3) is 0 Å². The number of aliphatic hydroxyl groups excluding tert-OH is 1. The molecule has 0 aromatic rings. The molecule has 4 fully saturated rings. The molecule has 0 spiro atoms. The quantitative estimate of drug-likeness (QED) is 0.417. The van der Waals surface area contributed by atoms with Crippen molar-refractivity contribution in [3.05, 3.63) is 0 Å². The molecule has 1 N–H and O–H groups in total. The van der Waals surface area contributed by atoms with Crippen LogP contribution in [0.3, 0.4) is 0 Å². The van der Waals surface area contributed by atoms with E-state index < -0.39 is 0 Å². The Kier molecular flexibility index (Phi) is 7.69. The topological polar surface area (TPSA) is 29.5 Å². The van der Waals surface area contributed by atoms with Crippen LogP contribution >= 0.6 is 0 Å². The highest BCUT2D eigenvalue weighted by Gasteiger charge is 2.62. The van der Waals surface area contributed by atoms with Crippen LogP contribution in [-0.2, 0) is 4.74 Å². The Labute approximate surface area is 206 Å². The summed E-state index contributed by atoms with van der Waals surface area (Å²) in [6.07, 6.45) is 13.5. The number of aliphatic hydroxyl groups is 1. The molecule has 2 heteroatoms. The average Bonchev–Trinajstić information content (AvgIpc) is 3.13. The van der Waals surface area contributed by atoms with Crippen LogP contribution < -0.4 is 0 Å². The Morgan fingerprint density at radius 1 is 0.909 bits per heavy atom. The second-order valence-electron chi connectivity index (χ2n) is 14.2. The predicted molar refractivity (Wildman–Crippen MR) is 139 cm³/mol. The number of fused-ring (bicyclic) bond motifs is 5. The van der Waals surface area contributed by atoms with Gasteiger partial charge < -0.3 is 9.84 Å².